The highest BCUT2D eigenvalue weighted by Gasteiger charge is 2.31. The molecule has 0 spiro atoms. The smallest absolute Gasteiger partial charge is 0.254 e. The van der Waals surface area contributed by atoms with Gasteiger partial charge < -0.3 is 14.8 Å². The number of halogens is 2. The van der Waals surface area contributed by atoms with E-state index in [1.54, 1.807) is 24.4 Å². The summed E-state index contributed by atoms with van der Waals surface area (Å²) < 4.78 is 1.93. The number of benzene rings is 1. The third kappa shape index (κ3) is 2.97. The van der Waals surface area contributed by atoms with Crippen molar-refractivity contribution >= 4 is 29.1 Å². The molecule has 1 aliphatic heterocycles. The van der Waals surface area contributed by atoms with Gasteiger partial charge in [0.25, 0.3) is 5.91 Å². The molecule has 2 aromatic rings. The third-order valence-corrected chi connectivity index (χ3v) is 4.21. The van der Waals surface area contributed by atoms with Crippen LogP contribution in [0.25, 0.3) is 0 Å². The summed E-state index contributed by atoms with van der Waals surface area (Å²) in [5, 5.41) is 4.23. The first-order valence-electron chi connectivity index (χ1n) is 7.01. The SMILES string of the molecule is Cn1ccnc1C1CNCCN1C(=O)c1cc(Cl)cc(Cl)c1. The van der Waals surface area contributed by atoms with Gasteiger partial charge in [-0.15, -0.1) is 0 Å². The molecule has 0 bridgehead atoms. The molecule has 1 N–H and O–H groups in total. The van der Waals surface area contributed by atoms with Crippen LogP contribution in [0.3, 0.4) is 0 Å². The molecule has 1 unspecified atom stereocenters. The highest BCUT2D eigenvalue weighted by molar-refractivity contribution is 6.35. The number of hydrogen-bond donors (Lipinski definition) is 1. The summed E-state index contributed by atoms with van der Waals surface area (Å²) in [7, 11) is 1.93. The highest BCUT2D eigenvalue weighted by atomic mass is 35.5. The maximum Gasteiger partial charge on any atom is 0.254 e. The standard InChI is InChI=1S/C15H16Cl2N4O/c1-20-4-3-19-14(20)13-9-18-2-5-21(13)15(22)10-6-11(16)8-12(17)7-10/h3-4,6-8,13,18H,2,5,9H2,1H3. The molecule has 1 aliphatic rings. The zero-order valence-corrected chi connectivity index (χ0v) is 13.6. The van der Waals surface area contributed by atoms with E-state index in [0.29, 0.717) is 28.7 Å². The van der Waals surface area contributed by atoms with Crippen LogP contribution >= 0.6 is 23.2 Å². The molecule has 22 heavy (non-hydrogen) atoms. The minimum Gasteiger partial charge on any atom is -0.336 e. The van der Waals surface area contributed by atoms with Gasteiger partial charge in [-0.25, -0.2) is 4.98 Å². The first-order chi connectivity index (χ1) is 10.6. The fourth-order valence-corrected chi connectivity index (χ4v) is 3.25. The van der Waals surface area contributed by atoms with E-state index in [2.05, 4.69) is 10.3 Å². The van der Waals surface area contributed by atoms with Gasteiger partial charge in [0, 0.05) is 54.7 Å². The van der Waals surface area contributed by atoms with Crippen molar-refractivity contribution in [2.75, 3.05) is 19.6 Å². The molecule has 1 saturated heterocycles. The molecule has 1 aromatic heterocycles. The van der Waals surface area contributed by atoms with Gasteiger partial charge in [0.05, 0.1) is 0 Å². The molecule has 0 radical (unpaired) electrons. The Morgan fingerprint density at radius 1 is 1.32 bits per heavy atom. The number of nitrogens with one attached hydrogen (secondary N) is 1. The number of piperazine rings is 1. The summed E-state index contributed by atoms with van der Waals surface area (Å²) >= 11 is 12.0. The maximum absolute atomic E-state index is 12.9. The number of nitrogens with zero attached hydrogens (tertiary/aromatic N) is 3. The first-order valence-corrected chi connectivity index (χ1v) is 7.77. The molecule has 0 aliphatic carbocycles. The Morgan fingerprint density at radius 3 is 2.68 bits per heavy atom. The Hall–Kier alpha value is -1.56. The minimum absolute atomic E-state index is 0.0844. The van der Waals surface area contributed by atoms with Crippen molar-refractivity contribution in [3.05, 3.63) is 52.0 Å². The Balaban J connectivity index is 1.93. The lowest BCUT2D eigenvalue weighted by atomic mass is 10.1. The number of amides is 1. The monoisotopic (exact) mass is 338 g/mol. The van der Waals surface area contributed by atoms with Crippen LogP contribution in [0.2, 0.25) is 10.0 Å². The second kappa shape index (κ2) is 6.28. The number of carbonyl (C=O) groups is 1. The summed E-state index contributed by atoms with van der Waals surface area (Å²) in [4.78, 5) is 19.1. The Labute approximate surface area is 138 Å². The second-order valence-electron chi connectivity index (χ2n) is 5.27. The van der Waals surface area contributed by atoms with Crippen LogP contribution in [0, 0.1) is 0 Å². The summed E-state index contributed by atoms with van der Waals surface area (Å²) in [6.07, 6.45) is 3.62. The lowest BCUT2D eigenvalue weighted by molar-refractivity contribution is 0.0621. The van der Waals surface area contributed by atoms with E-state index < -0.39 is 0 Å². The maximum atomic E-state index is 12.9. The van der Waals surface area contributed by atoms with Gasteiger partial charge in [-0.3, -0.25) is 4.79 Å². The van der Waals surface area contributed by atoms with Gasteiger partial charge in [-0.05, 0) is 18.2 Å². The van der Waals surface area contributed by atoms with Crippen LogP contribution in [0.4, 0.5) is 0 Å². The average molecular weight is 339 g/mol. The summed E-state index contributed by atoms with van der Waals surface area (Å²) in [5.41, 5.74) is 0.499. The number of rotatable bonds is 2. The molecule has 1 atom stereocenters. The van der Waals surface area contributed by atoms with Crippen LogP contribution in [0.5, 0.6) is 0 Å². The Bertz CT molecular complexity index is 680. The predicted molar refractivity (Wildman–Crippen MR) is 86.3 cm³/mol. The van der Waals surface area contributed by atoms with Gasteiger partial charge >= 0.3 is 0 Å². The van der Waals surface area contributed by atoms with Gasteiger partial charge in [-0.1, -0.05) is 23.2 Å². The second-order valence-corrected chi connectivity index (χ2v) is 6.15. The molecule has 0 saturated carbocycles. The quantitative estimate of drug-likeness (QED) is 0.915. The van der Waals surface area contributed by atoms with Crippen molar-refractivity contribution in [1.82, 2.24) is 19.8 Å². The zero-order valence-electron chi connectivity index (χ0n) is 12.1. The molecule has 1 fully saturated rings. The van der Waals surface area contributed by atoms with Crippen LogP contribution in [0.15, 0.2) is 30.6 Å². The molecule has 3 rings (SSSR count). The largest absolute Gasteiger partial charge is 0.336 e. The molecule has 2 heterocycles. The van der Waals surface area contributed by atoms with Crippen molar-refractivity contribution < 1.29 is 4.79 Å². The highest BCUT2D eigenvalue weighted by Crippen LogP contribution is 2.25. The molecule has 1 amide bonds. The van der Waals surface area contributed by atoms with Gasteiger partial charge in [-0.2, -0.15) is 0 Å². The van der Waals surface area contributed by atoms with E-state index in [1.165, 1.54) is 0 Å². The van der Waals surface area contributed by atoms with E-state index >= 15 is 0 Å². The summed E-state index contributed by atoms with van der Waals surface area (Å²) in [5.74, 6) is 0.771. The van der Waals surface area contributed by atoms with Crippen molar-refractivity contribution in [3.8, 4) is 0 Å². The van der Waals surface area contributed by atoms with Crippen molar-refractivity contribution in [1.29, 1.82) is 0 Å². The lowest BCUT2D eigenvalue weighted by Crippen LogP contribution is -2.49. The fraction of sp³-hybridized carbons (Fsp3) is 0.333. The Morgan fingerprint density at radius 2 is 2.05 bits per heavy atom. The molecule has 116 valence electrons. The van der Waals surface area contributed by atoms with Gasteiger partial charge in [0.2, 0.25) is 0 Å². The van der Waals surface area contributed by atoms with Crippen LogP contribution in [-0.4, -0.2) is 40.0 Å². The van der Waals surface area contributed by atoms with Crippen molar-refractivity contribution in [3.63, 3.8) is 0 Å². The third-order valence-electron chi connectivity index (χ3n) is 3.77. The molecule has 1 aromatic carbocycles. The van der Waals surface area contributed by atoms with E-state index in [-0.39, 0.29) is 11.9 Å². The summed E-state index contributed by atoms with van der Waals surface area (Å²) in [6.45, 7) is 2.03. The van der Waals surface area contributed by atoms with Crippen molar-refractivity contribution in [2.24, 2.45) is 7.05 Å². The topological polar surface area (TPSA) is 50.2 Å². The first kappa shape index (κ1) is 15.3. The fourth-order valence-electron chi connectivity index (χ4n) is 2.72. The van der Waals surface area contributed by atoms with E-state index in [4.69, 9.17) is 23.2 Å². The number of hydrogen-bond acceptors (Lipinski definition) is 3. The van der Waals surface area contributed by atoms with Gasteiger partial charge in [0.15, 0.2) is 0 Å². The lowest BCUT2D eigenvalue weighted by Gasteiger charge is -2.35. The van der Waals surface area contributed by atoms with Crippen LogP contribution < -0.4 is 5.32 Å². The van der Waals surface area contributed by atoms with E-state index in [0.717, 1.165) is 12.4 Å². The zero-order chi connectivity index (χ0) is 15.7. The average Bonchev–Trinajstić information content (AvgIpc) is 2.91. The number of imidazole rings is 1. The molecule has 7 heteroatoms. The van der Waals surface area contributed by atoms with E-state index in [9.17, 15) is 4.79 Å². The van der Waals surface area contributed by atoms with E-state index in [1.807, 2.05) is 22.7 Å². The minimum atomic E-state index is -0.112. The summed E-state index contributed by atoms with van der Waals surface area (Å²) in [6, 6.07) is 4.80. The molecular weight excluding hydrogens is 323 g/mol. The van der Waals surface area contributed by atoms with Crippen LogP contribution in [-0.2, 0) is 7.05 Å². The molecule has 5 nitrogen and oxygen atoms in total. The van der Waals surface area contributed by atoms with Crippen molar-refractivity contribution in [2.45, 2.75) is 6.04 Å². The number of carbonyl (C=O) groups excluding carboxylic acids is 1. The number of aromatic nitrogens is 2. The van der Waals surface area contributed by atoms with Gasteiger partial charge in [0.1, 0.15) is 11.9 Å². The number of aryl methyl sites for hydroxylation is 1. The predicted octanol–water partition coefficient (Wildman–Crippen LogP) is 2.51. The van der Waals surface area contributed by atoms with Crippen LogP contribution in [0.1, 0.15) is 22.2 Å². The normalized spacial score (nSPS) is 18.5. The molecular formula is C15H16Cl2N4O. The Kier molecular flexibility index (Phi) is 4.38.